The summed E-state index contributed by atoms with van der Waals surface area (Å²) >= 11 is 0. The van der Waals surface area contributed by atoms with Gasteiger partial charge in [-0.1, -0.05) is 31.2 Å². The average molecular weight is 311 g/mol. The highest BCUT2D eigenvalue weighted by Gasteiger charge is 2.12. The first-order valence-corrected chi connectivity index (χ1v) is 7.65. The van der Waals surface area contributed by atoms with Crippen molar-refractivity contribution < 1.29 is 9.59 Å². The summed E-state index contributed by atoms with van der Waals surface area (Å²) in [5, 5.41) is 5.54. The van der Waals surface area contributed by atoms with Crippen LogP contribution in [0.3, 0.4) is 0 Å². The second-order valence-electron chi connectivity index (χ2n) is 5.29. The molecule has 120 valence electrons. The van der Waals surface area contributed by atoms with Crippen molar-refractivity contribution in [2.24, 2.45) is 0 Å². The molecule has 5 nitrogen and oxygen atoms in total. The van der Waals surface area contributed by atoms with Crippen LogP contribution in [0.1, 0.15) is 30.2 Å². The van der Waals surface area contributed by atoms with Crippen LogP contribution in [0.4, 0.5) is 5.69 Å². The Labute approximate surface area is 136 Å². The smallest absolute Gasteiger partial charge is 0.233 e. The molecule has 2 N–H and O–H groups in total. The van der Waals surface area contributed by atoms with Gasteiger partial charge in [-0.05, 0) is 36.6 Å². The third-order valence-electron chi connectivity index (χ3n) is 3.52. The predicted octanol–water partition coefficient (Wildman–Crippen LogP) is 2.60. The quantitative estimate of drug-likeness (QED) is 0.806. The van der Waals surface area contributed by atoms with E-state index >= 15 is 0 Å². The molecule has 0 bridgehead atoms. The van der Waals surface area contributed by atoms with Gasteiger partial charge in [-0.2, -0.15) is 0 Å². The zero-order valence-corrected chi connectivity index (χ0v) is 13.4. The van der Waals surface area contributed by atoms with Crippen LogP contribution in [-0.4, -0.2) is 16.8 Å². The van der Waals surface area contributed by atoms with E-state index in [1.165, 1.54) is 0 Å². The summed E-state index contributed by atoms with van der Waals surface area (Å²) in [7, 11) is 0. The molecule has 5 heteroatoms. The summed E-state index contributed by atoms with van der Waals surface area (Å²) in [6, 6.07) is 11.4. The van der Waals surface area contributed by atoms with Crippen LogP contribution in [0, 0.1) is 6.92 Å². The molecule has 1 heterocycles. The zero-order chi connectivity index (χ0) is 16.7. The summed E-state index contributed by atoms with van der Waals surface area (Å²) in [5.41, 5.74) is 3.62. The standard InChI is InChI=1S/C18H21N3O2/c1-3-14-8-6-7-13(2)18(14)21-17(23)11-16(22)20-12-15-9-4-5-10-19-15/h4-10H,3,11-12H2,1-2H3,(H,20,22)(H,21,23). The minimum absolute atomic E-state index is 0.204. The first-order valence-electron chi connectivity index (χ1n) is 7.65. The van der Waals surface area contributed by atoms with Crippen molar-refractivity contribution in [3.05, 3.63) is 59.4 Å². The van der Waals surface area contributed by atoms with Crippen molar-refractivity contribution in [2.75, 3.05) is 5.32 Å². The number of rotatable bonds is 6. The lowest BCUT2D eigenvalue weighted by Crippen LogP contribution is -2.28. The molecule has 23 heavy (non-hydrogen) atoms. The van der Waals surface area contributed by atoms with Crippen molar-refractivity contribution in [3.63, 3.8) is 0 Å². The molecule has 0 fully saturated rings. The largest absolute Gasteiger partial charge is 0.350 e. The van der Waals surface area contributed by atoms with Gasteiger partial charge in [-0.25, -0.2) is 0 Å². The summed E-state index contributed by atoms with van der Waals surface area (Å²) in [6.07, 6.45) is 2.28. The number of anilines is 1. The van der Waals surface area contributed by atoms with Crippen LogP contribution in [0.2, 0.25) is 0 Å². The van der Waals surface area contributed by atoms with E-state index in [-0.39, 0.29) is 18.2 Å². The fraction of sp³-hybridized carbons (Fsp3) is 0.278. The number of aryl methyl sites for hydroxylation is 2. The first kappa shape index (κ1) is 16.7. The Morgan fingerprint density at radius 2 is 1.91 bits per heavy atom. The van der Waals surface area contributed by atoms with E-state index in [1.807, 2.05) is 50.2 Å². The number of hydrogen-bond acceptors (Lipinski definition) is 3. The molecule has 0 aliphatic rings. The zero-order valence-electron chi connectivity index (χ0n) is 13.4. The molecule has 1 aromatic heterocycles. The molecular formula is C18H21N3O2. The van der Waals surface area contributed by atoms with Gasteiger partial charge in [0.1, 0.15) is 6.42 Å². The number of carbonyl (C=O) groups excluding carboxylic acids is 2. The Balaban J connectivity index is 1.88. The highest BCUT2D eigenvalue weighted by Crippen LogP contribution is 2.21. The van der Waals surface area contributed by atoms with Gasteiger partial charge in [0.15, 0.2) is 0 Å². The minimum Gasteiger partial charge on any atom is -0.350 e. The molecule has 2 amide bonds. The number of benzene rings is 1. The van der Waals surface area contributed by atoms with Gasteiger partial charge in [-0.3, -0.25) is 14.6 Å². The molecular weight excluding hydrogens is 290 g/mol. The van der Waals surface area contributed by atoms with Crippen LogP contribution in [0.5, 0.6) is 0 Å². The van der Waals surface area contributed by atoms with Crippen LogP contribution >= 0.6 is 0 Å². The maximum atomic E-state index is 12.1. The third-order valence-corrected chi connectivity index (χ3v) is 3.52. The molecule has 0 saturated heterocycles. The Morgan fingerprint density at radius 1 is 1.09 bits per heavy atom. The van der Waals surface area contributed by atoms with Crippen LogP contribution in [0.25, 0.3) is 0 Å². The van der Waals surface area contributed by atoms with Crippen LogP contribution < -0.4 is 10.6 Å². The second kappa shape index (κ2) is 8.08. The van der Waals surface area contributed by atoms with E-state index in [0.29, 0.717) is 6.54 Å². The van der Waals surface area contributed by atoms with Crippen molar-refractivity contribution in [1.29, 1.82) is 0 Å². The third kappa shape index (κ3) is 4.92. The van der Waals surface area contributed by atoms with Gasteiger partial charge in [0, 0.05) is 11.9 Å². The van der Waals surface area contributed by atoms with E-state index in [2.05, 4.69) is 15.6 Å². The van der Waals surface area contributed by atoms with Gasteiger partial charge < -0.3 is 10.6 Å². The van der Waals surface area contributed by atoms with Crippen molar-refractivity contribution >= 4 is 17.5 Å². The van der Waals surface area contributed by atoms with Gasteiger partial charge in [0.05, 0.1) is 12.2 Å². The SMILES string of the molecule is CCc1cccc(C)c1NC(=O)CC(=O)NCc1ccccn1. The minimum atomic E-state index is -0.320. The fourth-order valence-corrected chi connectivity index (χ4v) is 2.29. The molecule has 0 aliphatic heterocycles. The van der Waals surface area contributed by atoms with E-state index in [1.54, 1.807) is 6.20 Å². The Bertz CT molecular complexity index is 684. The molecule has 0 aliphatic carbocycles. The summed E-state index contributed by atoms with van der Waals surface area (Å²) in [5.74, 6) is -0.632. The van der Waals surface area contributed by atoms with Crippen molar-refractivity contribution in [3.8, 4) is 0 Å². The monoisotopic (exact) mass is 311 g/mol. The maximum Gasteiger partial charge on any atom is 0.233 e. The van der Waals surface area contributed by atoms with E-state index in [4.69, 9.17) is 0 Å². The van der Waals surface area contributed by atoms with Crippen LogP contribution in [-0.2, 0) is 22.6 Å². The molecule has 2 aromatic rings. The highest BCUT2D eigenvalue weighted by atomic mass is 16.2. The number of para-hydroxylation sites is 1. The van der Waals surface area contributed by atoms with Crippen molar-refractivity contribution in [2.45, 2.75) is 33.2 Å². The summed E-state index contributed by atoms with van der Waals surface area (Å²) in [6.45, 7) is 4.29. The van der Waals surface area contributed by atoms with Gasteiger partial charge in [-0.15, -0.1) is 0 Å². The number of nitrogens with one attached hydrogen (secondary N) is 2. The summed E-state index contributed by atoms with van der Waals surface area (Å²) in [4.78, 5) is 28.0. The average Bonchev–Trinajstić information content (AvgIpc) is 2.55. The molecule has 0 atom stereocenters. The van der Waals surface area contributed by atoms with Crippen molar-refractivity contribution in [1.82, 2.24) is 10.3 Å². The Morgan fingerprint density at radius 3 is 2.61 bits per heavy atom. The Kier molecular flexibility index (Phi) is 5.86. The lowest BCUT2D eigenvalue weighted by Gasteiger charge is -2.13. The number of hydrogen-bond donors (Lipinski definition) is 2. The first-order chi connectivity index (χ1) is 11.1. The maximum absolute atomic E-state index is 12.1. The van der Waals surface area contributed by atoms with E-state index in [0.717, 1.165) is 28.9 Å². The van der Waals surface area contributed by atoms with Gasteiger partial charge in [0.2, 0.25) is 11.8 Å². The molecule has 0 unspecified atom stereocenters. The lowest BCUT2D eigenvalue weighted by atomic mass is 10.1. The number of nitrogens with zero attached hydrogens (tertiary/aromatic N) is 1. The molecule has 0 saturated carbocycles. The predicted molar refractivity (Wildman–Crippen MR) is 89.9 cm³/mol. The fourth-order valence-electron chi connectivity index (χ4n) is 2.29. The topological polar surface area (TPSA) is 71.1 Å². The number of amides is 2. The number of pyridine rings is 1. The Hall–Kier alpha value is -2.69. The molecule has 2 rings (SSSR count). The summed E-state index contributed by atoms with van der Waals surface area (Å²) < 4.78 is 0. The van der Waals surface area contributed by atoms with E-state index in [9.17, 15) is 9.59 Å². The second-order valence-corrected chi connectivity index (χ2v) is 5.29. The number of aromatic nitrogens is 1. The lowest BCUT2D eigenvalue weighted by molar-refractivity contribution is -0.126. The van der Waals surface area contributed by atoms with Crippen LogP contribution in [0.15, 0.2) is 42.6 Å². The highest BCUT2D eigenvalue weighted by molar-refractivity contribution is 6.04. The molecule has 0 radical (unpaired) electrons. The molecule has 1 aromatic carbocycles. The van der Waals surface area contributed by atoms with Gasteiger partial charge in [0.25, 0.3) is 0 Å². The van der Waals surface area contributed by atoms with E-state index < -0.39 is 0 Å². The van der Waals surface area contributed by atoms with Gasteiger partial charge >= 0.3 is 0 Å². The normalized spacial score (nSPS) is 10.2. The number of carbonyl (C=O) groups is 2. The molecule has 0 spiro atoms.